The molecule has 0 aliphatic heterocycles. The molecule has 6 nitrogen and oxygen atoms in total. The van der Waals surface area contributed by atoms with Gasteiger partial charge in [-0.05, 0) is 31.2 Å². The van der Waals surface area contributed by atoms with Crippen molar-refractivity contribution in [2.24, 2.45) is 0 Å². The zero-order chi connectivity index (χ0) is 14.5. The Bertz CT molecular complexity index is 601. The molecule has 0 spiro atoms. The monoisotopic (exact) mass is 278 g/mol. The maximum atomic E-state index is 11.5. The Hall–Kier alpha value is -2.63. The van der Waals surface area contributed by atoms with E-state index in [0.29, 0.717) is 5.76 Å². The highest BCUT2D eigenvalue weighted by molar-refractivity contribution is 5.64. The molecule has 20 heavy (non-hydrogen) atoms. The molecule has 0 saturated carbocycles. The smallest absolute Gasteiger partial charge is 0.504 e. The highest BCUT2D eigenvalue weighted by Crippen LogP contribution is 2.29. The third-order valence-electron chi connectivity index (χ3n) is 2.48. The van der Waals surface area contributed by atoms with E-state index in [2.05, 4.69) is 0 Å². The second kappa shape index (κ2) is 6.01. The Labute approximate surface area is 115 Å². The van der Waals surface area contributed by atoms with Gasteiger partial charge in [0.15, 0.2) is 18.1 Å². The molecule has 1 aromatic heterocycles. The Morgan fingerprint density at radius 2 is 2.10 bits per heavy atom. The maximum Gasteiger partial charge on any atom is 0.514 e. The van der Waals surface area contributed by atoms with Gasteiger partial charge in [-0.3, -0.25) is 0 Å². The highest BCUT2D eigenvalue weighted by Gasteiger charge is 2.10. The first-order valence-corrected chi connectivity index (χ1v) is 5.85. The summed E-state index contributed by atoms with van der Waals surface area (Å²) < 4.78 is 19.9. The molecule has 0 aliphatic carbocycles. The van der Waals surface area contributed by atoms with E-state index in [-0.39, 0.29) is 23.9 Å². The van der Waals surface area contributed by atoms with Gasteiger partial charge >= 0.3 is 6.16 Å². The quantitative estimate of drug-likeness (QED) is 0.684. The molecular formula is C14H14O6. The molecule has 0 fully saturated rings. The number of hydrogen-bond acceptors (Lipinski definition) is 6. The van der Waals surface area contributed by atoms with Crippen LogP contribution in [-0.2, 0) is 11.3 Å². The van der Waals surface area contributed by atoms with Gasteiger partial charge in [0.25, 0.3) is 0 Å². The maximum absolute atomic E-state index is 11.5. The zero-order valence-corrected chi connectivity index (χ0v) is 11.1. The summed E-state index contributed by atoms with van der Waals surface area (Å²) >= 11 is 0. The van der Waals surface area contributed by atoms with Crippen LogP contribution in [-0.4, -0.2) is 18.4 Å². The van der Waals surface area contributed by atoms with E-state index in [1.54, 1.807) is 19.1 Å². The van der Waals surface area contributed by atoms with E-state index in [1.165, 1.54) is 25.3 Å². The molecule has 0 saturated heterocycles. The number of ether oxygens (including phenoxy) is 3. The summed E-state index contributed by atoms with van der Waals surface area (Å²) in [5.41, 5.74) is 0. The summed E-state index contributed by atoms with van der Waals surface area (Å²) in [6, 6.07) is 7.70. The van der Waals surface area contributed by atoms with Gasteiger partial charge in [-0.15, -0.1) is 0 Å². The number of benzene rings is 1. The standard InChI is InChI=1S/C14H14O6/c1-9-3-4-11(19-9)8-18-14(16)20-10-5-6-13(17-2)12(15)7-10/h3-7,15H,8H2,1-2H3. The topological polar surface area (TPSA) is 78.1 Å². The van der Waals surface area contributed by atoms with Crippen molar-refractivity contribution < 1.29 is 28.5 Å². The Morgan fingerprint density at radius 1 is 1.30 bits per heavy atom. The number of furan rings is 1. The van der Waals surface area contributed by atoms with E-state index in [0.717, 1.165) is 5.76 Å². The van der Waals surface area contributed by atoms with Crippen LogP contribution >= 0.6 is 0 Å². The Morgan fingerprint density at radius 3 is 2.70 bits per heavy atom. The third-order valence-corrected chi connectivity index (χ3v) is 2.48. The summed E-state index contributed by atoms with van der Waals surface area (Å²) in [5, 5.41) is 9.54. The van der Waals surface area contributed by atoms with Crippen LogP contribution in [0.15, 0.2) is 34.7 Å². The number of phenols is 1. The fourth-order valence-electron chi connectivity index (χ4n) is 1.55. The molecule has 0 unspecified atom stereocenters. The number of rotatable bonds is 4. The molecule has 0 atom stereocenters. The number of hydrogen-bond donors (Lipinski definition) is 1. The predicted octanol–water partition coefficient (Wildman–Crippen LogP) is 3.02. The van der Waals surface area contributed by atoms with Crippen LogP contribution in [0.1, 0.15) is 11.5 Å². The van der Waals surface area contributed by atoms with E-state index in [1.807, 2.05) is 0 Å². The van der Waals surface area contributed by atoms with Gasteiger partial charge in [-0.1, -0.05) is 0 Å². The minimum atomic E-state index is -0.886. The minimum Gasteiger partial charge on any atom is -0.504 e. The largest absolute Gasteiger partial charge is 0.514 e. The summed E-state index contributed by atoms with van der Waals surface area (Å²) in [5.74, 6) is 1.58. The van der Waals surface area contributed by atoms with Crippen molar-refractivity contribution in [2.45, 2.75) is 13.5 Å². The lowest BCUT2D eigenvalue weighted by atomic mass is 10.3. The van der Waals surface area contributed by atoms with E-state index in [4.69, 9.17) is 18.6 Å². The molecule has 2 aromatic rings. The van der Waals surface area contributed by atoms with Gasteiger partial charge in [0.1, 0.15) is 17.3 Å². The second-order valence-corrected chi connectivity index (χ2v) is 3.99. The first-order valence-electron chi connectivity index (χ1n) is 5.85. The SMILES string of the molecule is COc1ccc(OC(=O)OCc2ccc(C)o2)cc1O. The summed E-state index contributed by atoms with van der Waals surface area (Å²) in [7, 11) is 1.43. The van der Waals surface area contributed by atoms with Gasteiger partial charge in [0.2, 0.25) is 0 Å². The fourth-order valence-corrected chi connectivity index (χ4v) is 1.55. The lowest BCUT2D eigenvalue weighted by molar-refractivity contribution is 0.0860. The van der Waals surface area contributed by atoms with E-state index < -0.39 is 6.16 Å². The van der Waals surface area contributed by atoms with E-state index >= 15 is 0 Å². The number of carbonyl (C=O) groups is 1. The van der Waals surface area contributed by atoms with Crippen LogP contribution in [0.5, 0.6) is 17.2 Å². The molecule has 0 radical (unpaired) electrons. The van der Waals surface area contributed by atoms with Crippen molar-refractivity contribution in [1.29, 1.82) is 0 Å². The number of carbonyl (C=O) groups excluding carboxylic acids is 1. The fraction of sp³-hybridized carbons (Fsp3) is 0.214. The van der Waals surface area contributed by atoms with Gasteiger partial charge in [0.05, 0.1) is 7.11 Å². The van der Waals surface area contributed by atoms with Crippen molar-refractivity contribution in [3.63, 3.8) is 0 Å². The molecule has 0 amide bonds. The molecule has 106 valence electrons. The van der Waals surface area contributed by atoms with Crippen LogP contribution in [0.25, 0.3) is 0 Å². The van der Waals surface area contributed by atoms with Crippen molar-refractivity contribution >= 4 is 6.16 Å². The summed E-state index contributed by atoms with van der Waals surface area (Å²) in [6.45, 7) is 1.77. The second-order valence-electron chi connectivity index (χ2n) is 3.99. The van der Waals surface area contributed by atoms with Gasteiger partial charge < -0.3 is 23.7 Å². The first-order chi connectivity index (χ1) is 9.58. The van der Waals surface area contributed by atoms with Gasteiger partial charge in [-0.25, -0.2) is 4.79 Å². The minimum absolute atomic E-state index is 0.0190. The van der Waals surface area contributed by atoms with Crippen LogP contribution in [0, 0.1) is 6.92 Å². The van der Waals surface area contributed by atoms with Crippen LogP contribution in [0.2, 0.25) is 0 Å². The average molecular weight is 278 g/mol. The molecule has 1 aromatic carbocycles. The summed E-state index contributed by atoms with van der Waals surface area (Å²) in [6.07, 6.45) is -0.886. The molecule has 1 N–H and O–H groups in total. The van der Waals surface area contributed by atoms with Gasteiger partial charge in [0, 0.05) is 6.07 Å². The molecule has 0 bridgehead atoms. The normalized spacial score (nSPS) is 10.1. The first kappa shape index (κ1) is 13.8. The third kappa shape index (κ3) is 3.44. The molecular weight excluding hydrogens is 264 g/mol. The van der Waals surface area contributed by atoms with Gasteiger partial charge in [-0.2, -0.15) is 0 Å². The van der Waals surface area contributed by atoms with Crippen molar-refractivity contribution in [3.05, 3.63) is 41.9 Å². The van der Waals surface area contributed by atoms with Crippen LogP contribution in [0.3, 0.4) is 0 Å². The van der Waals surface area contributed by atoms with Crippen LogP contribution < -0.4 is 9.47 Å². The zero-order valence-electron chi connectivity index (χ0n) is 11.1. The average Bonchev–Trinajstić information content (AvgIpc) is 2.82. The van der Waals surface area contributed by atoms with Crippen molar-refractivity contribution in [3.8, 4) is 17.2 Å². The molecule has 1 heterocycles. The molecule has 2 rings (SSSR count). The molecule has 6 heteroatoms. The van der Waals surface area contributed by atoms with Crippen LogP contribution in [0.4, 0.5) is 4.79 Å². The lowest BCUT2D eigenvalue weighted by Gasteiger charge is -2.07. The Kier molecular flexibility index (Phi) is 4.14. The van der Waals surface area contributed by atoms with E-state index in [9.17, 15) is 9.90 Å². The number of aryl methyl sites for hydroxylation is 1. The molecule has 0 aliphatic rings. The Balaban J connectivity index is 1.89. The van der Waals surface area contributed by atoms with Crippen molar-refractivity contribution in [1.82, 2.24) is 0 Å². The summed E-state index contributed by atoms with van der Waals surface area (Å²) in [4.78, 5) is 11.5. The highest BCUT2D eigenvalue weighted by atomic mass is 16.7. The predicted molar refractivity (Wildman–Crippen MR) is 68.9 cm³/mol. The number of aromatic hydroxyl groups is 1. The van der Waals surface area contributed by atoms with Crippen molar-refractivity contribution in [2.75, 3.05) is 7.11 Å². The lowest BCUT2D eigenvalue weighted by Crippen LogP contribution is -2.10. The number of methoxy groups -OCH3 is 1. The number of phenolic OH excluding ortho intramolecular Hbond substituents is 1.